The normalized spacial score (nSPS) is 22.8. The highest BCUT2D eigenvalue weighted by molar-refractivity contribution is 6.35. The van der Waals surface area contributed by atoms with Gasteiger partial charge in [0.15, 0.2) is 5.75 Å². The van der Waals surface area contributed by atoms with E-state index in [9.17, 15) is 0 Å². The second-order valence-electron chi connectivity index (χ2n) is 6.20. The molecule has 4 heteroatoms. The van der Waals surface area contributed by atoms with Gasteiger partial charge in [0, 0.05) is 11.6 Å². The zero-order valence-corrected chi connectivity index (χ0v) is 12.8. The molecule has 21 heavy (non-hydrogen) atoms. The van der Waals surface area contributed by atoms with E-state index >= 15 is 0 Å². The standard InChI is InChI=1S/C17H19ClN2O/c18-15-9-12-10-20(13-5-2-1-3-6-13)11-21-17(12)16-14(15)7-4-8-19-16/h4,7-9,13H,1-3,5-6,10-11H2/p+1. The summed E-state index contributed by atoms with van der Waals surface area (Å²) in [6.45, 7) is 1.76. The summed E-state index contributed by atoms with van der Waals surface area (Å²) in [5, 5.41) is 1.77. The molecule has 4 rings (SSSR count). The van der Waals surface area contributed by atoms with E-state index in [0.29, 0.717) is 0 Å². The molecule has 0 spiro atoms. The van der Waals surface area contributed by atoms with E-state index in [4.69, 9.17) is 16.3 Å². The third-order valence-corrected chi connectivity index (χ3v) is 5.19. The van der Waals surface area contributed by atoms with E-state index in [0.717, 1.165) is 41.0 Å². The van der Waals surface area contributed by atoms with E-state index in [1.54, 1.807) is 4.90 Å². The molecule has 1 aliphatic heterocycles. The van der Waals surface area contributed by atoms with Gasteiger partial charge in [0.05, 0.1) is 16.6 Å². The summed E-state index contributed by atoms with van der Waals surface area (Å²) in [5.74, 6) is 0.939. The Morgan fingerprint density at radius 3 is 2.95 bits per heavy atom. The minimum Gasteiger partial charge on any atom is -0.443 e. The molecule has 1 unspecified atom stereocenters. The van der Waals surface area contributed by atoms with Gasteiger partial charge < -0.3 is 4.74 Å². The van der Waals surface area contributed by atoms with Crippen LogP contribution in [0.5, 0.6) is 5.75 Å². The van der Waals surface area contributed by atoms with E-state index < -0.39 is 0 Å². The maximum atomic E-state index is 6.42. The summed E-state index contributed by atoms with van der Waals surface area (Å²) in [4.78, 5) is 6.02. The first kappa shape index (κ1) is 13.4. The fourth-order valence-corrected chi connectivity index (χ4v) is 4.04. The fourth-order valence-electron chi connectivity index (χ4n) is 3.75. The zero-order chi connectivity index (χ0) is 14.2. The van der Waals surface area contributed by atoms with E-state index in [1.807, 2.05) is 18.3 Å². The van der Waals surface area contributed by atoms with Crippen LogP contribution in [-0.2, 0) is 6.54 Å². The summed E-state index contributed by atoms with van der Waals surface area (Å²) in [6.07, 6.45) is 8.58. The Balaban J connectivity index is 1.69. The van der Waals surface area contributed by atoms with Gasteiger partial charge >= 0.3 is 0 Å². The molecule has 0 saturated heterocycles. The SMILES string of the molecule is Clc1cc2c(c3ncccc13)OC[NH+](C1CCCCC1)C2. The highest BCUT2D eigenvalue weighted by Crippen LogP contribution is 2.34. The molecule has 1 N–H and O–H groups in total. The van der Waals surface area contributed by atoms with Gasteiger partial charge in [-0.25, -0.2) is 0 Å². The van der Waals surface area contributed by atoms with Crippen LogP contribution in [0.2, 0.25) is 5.02 Å². The van der Waals surface area contributed by atoms with Crippen molar-refractivity contribution in [1.82, 2.24) is 4.98 Å². The van der Waals surface area contributed by atoms with Crippen molar-refractivity contribution in [2.24, 2.45) is 0 Å². The molecular formula is C17H20ClN2O+. The lowest BCUT2D eigenvalue weighted by Crippen LogP contribution is -3.16. The first-order valence-corrected chi connectivity index (χ1v) is 8.24. The maximum Gasteiger partial charge on any atom is 0.223 e. The summed E-state index contributed by atoms with van der Waals surface area (Å²) < 4.78 is 6.10. The Kier molecular flexibility index (Phi) is 3.48. The van der Waals surface area contributed by atoms with Crippen LogP contribution in [0, 0.1) is 0 Å². The Labute approximate surface area is 129 Å². The van der Waals surface area contributed by atoms with Crippen LogP contribution in [0.15, 0.2) is 24.4 Å². The first-order chi connectivity index (χ1) is 10.3. The zero-order valence-electron chi connectivity index (χ0n) is 12.1. The van der Waals surface area contributed by atoms with Crippen molar-refractivity contribution in [3.8, 4) is 5.75 Å². The van der Waals surface area contributed by atoms with Crippen molar-refractivity contribution in [3.63, 3.8) is 0 Å². The highest BCUT2D eigenvalue weighted by Gasteiger charge is 2.30. The molecule has 1 fully saturated rings. The van der Waals surface area contributed by atoms with Crippen LogP contribution in [-0.4, -0.2) is 17.8 Å². The Morgan fingerprint density at radius 1 is 1.24 bits per heavy atom. The lowest BCUT2D eigenvalue weighted by molar-refractivity contribution is -0.957. The quantitative estimate of drug-likeness (QED) is 0.877. The molecule has 2 aromatic rings. The first-order valence-electron chi connectivity index (χ1n) is 7.86. The van der Waals surface area contributed by atoms with Gasteiger partial charge in [-0.15, -0.1) is 0 Å². The Hall–Kier alpha value is -1.32. The summed E-state index contributed by atoms with van der Waals surface area (Å²) in [5.41, 5.74) is 2.11. The topological polar surface area (TPSA) is 26.6 Å². The number of fused-ring (bicyclic) bond motifs is 3. The minimum absolute atomic E-state index is 0.741. The molecule has 2 aliphatic rings. The van der Waals surface area contributed by atoms with Crippen molar-refractivity contribution in [2.75, 3.05) is 6.73 Å². The number of hydrogen-bond acceptors (Lipinski definition) is 2. The maximum absolute atomic E-state index is 6.42. The highest BCUT2D eigenvalue weighted by atomic mass is 35.5. The molecule has 3 nitrogen and oxygen atoms in total. The largest absolute Gasteiger partial charge is 0.443 e. The van der Waals surface area contributed by atoms with Crippen molar-refractivity contribution in [1.29, 1.82) is 0 Å². The number of pyridine rings is 1. The van der Waals surface area contributed by atoms with Crippen LogP contribution in [0.3, 0.4) is 0 Å². The molecular weight excluding hydrogens is 284 g/mol. The third-order valence-electron chi connectivity index (χ3n) is 4.87. The van der Waals surface area contributed by atoms with Crippen LogP contribution in [0.1, 0.15) is 37.7 Å². The molecule has 0 bridgehead atoms. The van der Waals surface area contributed by atoms with Gasteiger partial charge in [-0.2, -0.15) is 0 Å². The molecule has 1 atom stereocenters. The average molecular weight is 304 g/mol. The molecule has 1 aromatic carbocycles. The summed E-state index contributed by atoms with van der Waals surface area (Å²) in [6, 6.07) is 6.74. The van der Waals surface area contributed by atoms with Gasteiger partial charge in [0.25, 0.3) is 0 Å². The monoisotopic (exact) mass is 303 g/mol. The number of quaternary nitrogens is 1. The van der Waals surface area contributed by atoms with Gasteiger partial charge in [-0.05, 0) is 43.9 Å². The Morgan fingerprint density at radius 2 is 2.10 bits per heavy atom. The Bertz CT molecular complexity index is 667. The van der Waals surface area contributed by atoms with Crippen molar-refractivity contribution in [2.45, 2.75) is 44.7 Å². The molecule has 0 amide bonds. The number of nitrogens with zero attached hydrogens (tertiary/aromatic N) is 1. The molecule has 1 aromatic heterocycles. The van der Waals surface area contributed by atoms with Crippen LogP contribution in [0.4, 0.5) is 0 Å². The van der Waals surface area contributed by atoms with E-state index in [1.165, 1.54) is 37.7 Å². The van der Waals surface area contributed by atoms with Crippen molar-refractivity contribution < 1.29 is 9.64 Å². The van der Waals surface area contributed by atoms with Crippen LogP contribution >= 0.6 is 11.6 Å². The molecule has 0 radical (unpaired) electrons. The van der Waals surface area contributed by atoms with E-state index in [2.05, 4.69) is 11.1 Å². The number of ether oxygens (including phenoxy) is 1. The fraction of sp³-hybridized carbons (Fsp3) is 0.471. The number of aromatic nitrogens is 1. The minimum atomic E-state index is 0.741. The van der Waals surface area contributed by atoms with Gasteiger partial charge in [0.2, 0.25) is 6.73 Å². The van der Waals surface area contributed by atoms with E-state index in [-0.39, 0.29) is 0 Å². The number of benzene rings is 1. The predicted octanol–water partition coefficient (Wildman–Crippen LogP) is 2.96. The van der Waals surface area contributed by atoms with Crippen molar-refractivity contribution >= 4 is 22.5 Å². The van der Waals surface area contributed by atoms with Gasteiger partial charge in [0.1, 0.15) is 12.1 Å². The number of halogens is 1. The van der Waals surface area contributed by atoms with Gasteiger partial charge in [-0.1, -0.05) is 18.0 Å². The third kappa shape index (κ3) is 2.39. The lowest BCUT2D eigenvalue weighted by Gasteiger charge is -2.34. The lowest BCUT2D eigenvalue weighted by atomic mass is 9.94. The number of nitrogens with one attached hydrogen (secondary N) is 1. The predicted molar refractivity (Wildman–Crippen MR) is 83.8 cm³/mol. The number of rotatable bonds is 1. The molecule has 2 heterocycles. The number of hydrogen-bond donors (Lipinski definition) is 1. The molecule has 1 aliphatic carbocycles. The average Bonchev–Trinajstić information content (AvgIpc) is 2.55. The smallest absolute Gasteiger partial charge is 0.223 e. The van der Waals surface area contributed by atoms with Crippen LogP contribution < -0.4 is 9.64 Å². The second-order valence-corrected chi connectivity index (χ2v) is 6.61. The van der Waals surface area contributed by atoms with Gasteiger partial charge in [-0.3, -0.25) is 9.88 Å². The van der Waals surface area contributed by atoms with Crippen LogP contribution in [0.25, 0.3) is 10.9 Å². The summed E-state index contributed by atoms with van der Waals surface area (Å²) >= 11 is 6.42. The molecule has 1 saturated carbocycles. The summed E-state index contributed by atoms with van der Waals surface area (Å²) in [7, 11) is 0. The molecule has 110 valence electrons. The second kappa shape index (κ2) is 5.47. The van der Waals surface area contributed by atoms with Crippen molar-refractivity contribution in [3.05, 3.63) is 35.0 Å².